The van der Waals surface area contributed by atoms with Crippen LogP contribution in [-0.2, 0) is 14.2 Å². The van der Waals surface area contributed by atoms with Gasteiger partial charge in [-0.15, -0.1) is 0 Å². The van der Waals surface area contributed by atoms with Gasteiger partial charge in [-0.05, 0) is 64.1 Å². The molecule has 1 saturated heterocycles. The smallest absolute Gasteiger partial charge is 0.410 e. The maximum atomic E-state index is 12.9. The van der Waals surface area contributed by atoms with E-state index in [9.17, 15) is 24.5 Å². The second-order valence-corrected chi connectivity index (χ2v) is 9.41. The molecule has 11 heteroatoms. The normalized spacial score (nSPS) is 17.1. The summed E-state index contributed by atoms with van der Waals surface area (Å²) < 4.78 is 22.0. The fourth-order valence-corrected chi connectivity index (χ4v) is 3.71. The van der Waals surface area contributed by atoms with Crippen LogP contribution in [0.4, 0.5) is 10.5 Å². The van der Waals surface area contributed by atoms with Crippen molar-refractivity contribution in [3.05, 3.63) is 69.8 Å². The predicted octanol–water partition coefficient (Wildman–Crippen LogP) is 4.39. The summed E-state index contributed by atoms with van der Waals surface area (Å²) in [5.74, 6) is -0.593. The lowest BCUT2D eigenvalue weighted by molar-refractivity contribution is -0.384. The topological polar surface area (TPSA) is 135 Å². The van der Waals surface area contributed by atoms with Crippen molar-refractivity contribution >= 4 is 23.7 Å². The van der Waals surface area contributed by atoms with Crippen molar-refractivity contribution in [3.8, 4) is 5.75 Å². The lowest BCUT2D eigenvalue weighted by atomic mass is 10.2. The average Bonchev–Trinajstić information content (AvgIpc) is 3.25. The van der Waals surface area contributed by atoms with E-state index in [1.165, 1.54) is 29.2 Å². The maximum absolute atomic E-state index is 12.9. The van der Waals surface area contributed by atoms with E-state index in [-0.39, 0.29) is 31.0 Å². The highest BCUT2D eigenvalue weighted by atomic mass is 16.6. The number of hydrogen-bond acceptors (Lipinski definition) is 9. The minimum atomic E-state index is -0.723. The first-order chi connectivity index (χ1) is 17.5. The Hall–Kier alpha value is -4.15. The molecule has 0 aliphatic carbocycles. The molecule has 2 aromatic rings. The highest BCUT2D eigenvalue weighted by molar-refractivity contribution is 5.90. The third kappa shape index (κ3) is 7.66. The standard InChI is InChI=1S/C26H30N2O9/c1-5-34-23(29)18-8-12-21(13-9-18)36-22-14-20(27(15-22)25(31)37-26(2,3)4)16-35-24(30)17-6-10-19(11-7-17)28(32)33/h6-13,20,22H,5,14-16H2,1-4H3/t20-,22+/m0/s1. The third-order valence-electron chi connectivity index (χ3n) is 5.39. The van der Waals surface area contributed by atoms with Gasteiger partial charge in [0.15, 0.2) is 0 Å². The molecule has 1 aliphatic rings. The quantitative estimate of drug-likeness (QED) is 0.218. The first-order valence-corrected chi connectivity index (χ1v) is 11.8. The van der Waals surface area contributed by atoms with Crippen molar-refractivity contribution in [1.82, 2.24) is 4.90 Å². The largest absolute Gasteiger partial charge is 0.489 e. The molecule has 1 aliphatic heterocycles. The van der Waals surface area contributed by atoms with Gasteiger partial charge in [0, 0.05) is 18.6 Å². The molecule has 11 nitrogen and oxygen atoms in total. The monoisotopic (exact) mass is 514 g/mol. The molecule has 0 bridgehead atoms. The summed E-state index contributed by atoms with van der Waals surface area (Å²) in [6.45, 7) is 7.35. The summed E-state index contributed by atoms with van der Waals surface area (Å²) in [4.78, 5) is 48.9. The molecular formula is C26H30N2O9. The molecule has 0 aromatic heterocycles. The van der Waals surface area contributed by atoms with Crippen LogP contribution in [0.1, 0.15) is 54.8 Å². The average molecular weight is 515 g/mol. The van der Waals surface area contributed by atoms with Crippen molar-refractivity contribution < 1.29 is 38.3 Å². The minimum absolute atomic E-state index is 0.114. The number of hydrogen-bond donors (Lipinski definition) is 0. The van der Waals surface area contributed by atoms with Crippen molar-refractivity contribution in [1.29, 1.82) is 0 Å². The van der Waals surface area contributed by atoms with Crippen LogP contribution in [0.5, 0.6) is 5.75 Å². The number of carbonyl (C=O) groups excluding carboxylic acids is 3. The zero-order valence-corrected chi connectivity index (χ0v) is 21.2. The van der Waals surface area contributed by atoms with Crippen LogP contribution in [0, 0.1) is 10.1 Å². The van der Waals surface area contributed by atoms with Gasteiger partial charge >= 0.3 is 18.0 Å². The number of esters is 2. The van der Waals surface area contributed by atoms with Crippen molar-refractivity contribution in [2.75, 3.05) is 19.8 Å². The fraction of sp³-hybridized carbons (Fsp3) is 0.423. The molecule has 0 N–H and O–H groups in total. The van der Waals surface area contributed by atoms with Gasteiger partial charge in [0.2, 0.25) is 0 Å². The molecular weight excluding hydrogens is 484 g/mol. The minimum Gasteiger partial charge on any atom is -0.489 e. The SMILES string of the molecule is CCOC(=O)c1ccc(O[C@@H]2C[C@@H](COC(=O)c3ccc([N+](=O)[O-])cc3)N(C(=O)OC(C)(C)C)C2)cc1. The molecule has 198 valence electrons. The van der Waals surface area contributed by atoms with E-state index in [1.54, 1.807) is 52.0 Å². The van der Waals surface area contributed by atoms with Crippen LogP contribution in [0.25, 0.3) is 0 Å². The van der Waals surface area contributed by atoms with Gasteiger partial charge in [-0.25, -0.2) is 14.4 Å². The highest BCUT2D eigenvalue weighted by Crippen LogP contribution is 2.26. The van der Waals surface area contributed by atoms with Crippen LogP contribution in [0.3, 0.4) is 0 Å². The van der Waals surface area contributed by atoms with E-state index in [2.05, 4.69) is 0 Å². The zero-order valence-electron chi connectivity index (χ0n) is 21.2. The number of ether oxygens (including phenoxy) is 4. The van der Waals surface area contributed by atoms with Gasteiger partial charge in [-0.3, -0.25) is 15.0 Å². The summed E-state index contributed by atoms with van der Waals surface area (Å²) in [7, 11) is 0. The molecule has 3 rings (SSSR count). The molecule has 1 fully saturated rings. The summed E-state index contributed by atoms with van der Waals surface area (Å²) in [6, 6.07) is 11.0. The van der Waals surface area contributed by atoms with Crippen LogP contribution >= 0.6 is 0 Å². The van der Waals surface area contributed by atoms with Gasteiger partial charge in [0.05, 0.1) is 35.2 Å². The Morgan fingerprint density at radius 3 is 2.08 bits per heavy atom. The van der Waals surface area contributed by atoms with Crippen LogP contribution in [-0.4, -0.2) is 65.4 Å². The van der Waals surface area contributed by atoms with Gasteiger partial charge in [-0.2, -0.15) is 0 Å². The van der Waals surface area contributed by atoms with Crippen LogP contribution in [0.2, 0.25) is 0 Å². The lowest BCUT2D eigenvalue weighted by Crippen LogP contribution is -2.42. The molecule has 37 heavy (non-hydrogen) atoms. The molecule has 2 atom stereocenters. The summed E-state index contributed by atoms with van der Waals surface area (Å²) in [5, 5.41) is 10.8. The Balaban J connectivity index is 1.67. The number of likely N-dealkylation sites (tertiary alicyclic amines) is 1. The fourth-order valence-electron chi connectivity index (χ4n) is 3.71. The number of amides is 1. The van der Waals surface area contributed by atoms with Crippen LogP contribution < -0.4 is 4.74 Å². The zero-order chi connectivity index (χ0) is 27.2. The number of carbonyl (C=O) groups is 3. The van der Waals surface area contributed by atoms with E-state index in [1.807, 2.05) is 0 Å². The lowest BCUT2D eigenvalue weighted by Gasteiger charge is -2.28. The van der Waals surface area contributed by atoms with Gasteiger partial charge < -0.3 is 18.9 Å². The second-order valence-electron chi connectivity index (χ2n) is 9.41. The number of rotatable bonds is 8. The summed E-state index contributed by atoms with van der Waals surface area (Å²) in [6.07, 6.45) is -0.608. The molecule has 0 saturated carbocycles. The number of nitrogens with zero attached hydrogens (tertiary/aromatic N) is 2. The Bertz CT molecular complexity index is 1120. The van der Waals surface area contributed by atoms with E-state index in [0.29, 0.717) is 17.7 Å². The number of benzene rings is 2. The molecule has 0 radical (unpaired) electrons. The molecule has 1 amide bonds. The van der Waals surface area contributed by atoms with Gasteiger partial charge in [0.1, 0.15) is 24.1 Å². The van der Waals surface area contributed by atoms with E-state index < -0.39 is 40.7 Å². The number of non-ortho nitro benzene ring substituents is 1. The summed E-state index contributed by atoms with van der Waals surface area (Å²) >= 11 is 0. The van der Waals surface area contributed by atoms with Gasteiger partial charge in [0.25, 0.3) is 5.69 Å². The van der Waals surface area contributed by atoms with E-state index in [4.69, 9.17) is 18.9 Å². The first kappa shape index (κ1) is 27.4. The van der Waals surface area contributed by atoms with Crippen molar-refractivity contribution in [2.24, 2.45) is 0 Å². The Morgan fingerprint density at radius 1 is 0.973 bits per heavy atom. The highest BCUT2D eigenvalue weighted by Gasteiger charge is 2.39. The van der Waals surface area contributed by atoms with E-state index in [0.717, 1.165) is 0 Å². The molecule has 0 unspecified atom stereocenters. The molecule has 1 heterocycles. The Morgan fingerprint density at radius 2 is 1.54 bits per heavy atom. The molecule has 0 spiro atoms. The summed E-state index contributed by atoms with van der Waals surface area (Å²) in [5.41, 5.74) is -0.313. The molecule has 2 aromatic carbocycles. The van der Waals surface area contributed by atoms with E-state index >= 15 is 0 Å². The van der Waals surface area contributed by atoms with Gasteiger partial charge in [-0.1, -0.05) is 0 Å². The van der Waals surface area contributed by atoms with Crippen molar-refractivity contribution in [2.45, 2.75) is 51.9 Å². The Labute approximate surface area is 214 Å². The van der Waals surface area contributed by atoms with Crippen LogP contribution in [0.15, 0.2) is 48.5 Å². The predicted molar refractivity (Wildman–Crippen MR) is 132 cm³/mol. The third-order valence-corrected chi connectivity index (χ3v) is 5.39. The van der Waals surface area contributed by atoms with Crippen molar-refractivity contribution in [3.63, 3.8) is 0 Å². The number of nitro groups is 1. The first-order valence-electron chi connectivity index (χ1n) is 11.8. The number of nitro benzene ring substituents is 1. The Kier molecular flexibility index (Phi) is 8.69. The second kappa shape index (κ2) is 11.7. The maximum Gasteiger partial charge on any atom is 0.410 e.